The smallest absolute Gasteiger partial charge is 0.0247 e. The topological polar surface area (TPSA) is 29.3 Å². The predicted molar refractivity (Wildman–Crippen MR) is 64.9 cm³/mol. The molecule has 2 nitrogen and oxygen atoms in total. The Bertz CT molecular complexity index is 189. The predicted octanol–water partition coefficient (Wildman–Crippen LogP) is 2.52. The Morgan fingerprint density at radius 2 is 1.53 bits per heavy atom. The first-order valence-corrected chi connectivity index (χ1v) is 6.76. The summed E-state index contributed by atoms with van der Waals surface area (Å²) in [7, 11) is 2.30. The summed E-state index contributed by atoms with van der Waals surface area (Å²) in [5.41, 5.74) is 6.32. The van der Waals surface area contributed by atoms with Crippen molar-refractivity contribution in [3.63, 3.8) is 0 Å². The minimum absolute atomic E-state index is 0.427. The average Bonchev–Trinajstić information content (AvgIpc) is 2.08. The summed E-state index contributed by atoms with van der Waals surface area (Å²) >= 11 is 0. The van der Waals surface area contributed by atoms with Gasteiger partial charge in [0.05, 0.1) is 0 Å². The minimum Gasteiger partial charge on any atom is -0.326 e. The molecule has 2 heteroatoms. The number of nitrogens with zero attached hydrogens (tertiary/aromatic N) is 1. The van der Waals surface area contributed by atoms with Gasteiger partial charge in [0.1, 0.15) is 0 Å². The van der Waals surface area contributed by atoms with Crippen LogP contribution in [0.3, 0.4) is 0 Å². The molecule has 2 saturated carbocycles. The lowest BCUT2D eigenvalue weighted by atomic mass is 9.86. The molecule has 15 heavy (non-hydrogen) atoms. The van der Waals surface area contributed by atoms with Crippen LogP contribution in [0.15, 0.2) is 0 Å². The fourth-order valence-electron chi connectivity index (χ4n) is 3.06. The molecule has 0 spiro atoms. The van der Waals surface area contributed by atoms with Crippen LogP contribution in [0.5, 0.6) is 0 Å². The molecular formula is C13H26N2. The maximum absolute atomic E-state index is 6.32. The van der Waals surface area contributed by atoms with Crippen LogP contribution in [-0.2, 0) is 0 Å². The molecule has 2 aliphatic rings. The van der Waals surface area contributed by atoms with Crippen molar-refractivity contribution in [2.75, 3.05) is 7.05 Å². The van der Waals surface area contributed by atoms with Crippen molar-refractivity contribution < 1.29 is 0 Å². The van der Waals surface area contributed by atoms with E-state index in [1.54, 1.807) is 0 Å². The van der Waals surface area contributed by atoms with Gasteiger partial charge in [-0.1, -0.05) is 32.1 Å². The van der Waals surface area contributed by atoms with E-state index in [4.69, 9.17) is 5.73 Å². The van der Waals surface area contributed by atoms with Crippen molar-refractivity contribution >= 4 is 0 Å². The molecule has 88 valence electrons. The van der Waals surface area contributed by atoms with E-state index in [9.17, 15) is 0 Å². The molecule has 2 rings (SSSR count). The van der Waals surface area contributed by atoms with Gasteiger partial charge < -0.3 is 5.73 Å². The first kappa shape index (κ1) is 11.4. The highest BCUT2D eigenvalue weighted by atomic mass is 15.2. The standard InChI is InChI=1S/C13H26N2/c1-15(11-7-6-8-11)13-10-5-3-2-4-9-12(13)14/h11-13H,2-10,14H2,1H3. The van der Waals surface area contributed by atoms with Crippen molar-refractivity contribution in [3.05, 3.63) is 0 Å². The van der Waals surface area contributed by atoms with Crippen LogP contribution in [-0.4, -0.2) is 30.1 Å². The Hall–Kier alpha value is -0.0800. The molecule has 0 aromatic heterocycles. The van der Waals surface area contributed by atoms with Gasteiger partial charge in [-0.2, -0.15) is 0 Å². The van der Waals surface area contributed by atoms with Gasteiger partial charge in [0.2, 0.25) is 0 Å². The third kappa shape index (κ3) is 2.73. The van der Waals surface area contributed by atoms with Crippen molar-refractivity contribution in [1.82, 2.24) is 4.90 Å². The van der Waals surface area contributed by atoms with Gasteiger partial charge in [-0.3, -0.25) is 4.90 Å². The van der Waals surface area contributed by atoms with Gasteiger partial charge in [0.15, 0.2) is 0 Å². The molecule has 0 heterocycles. The molecule has 2 aliphatic carbocycles. The second kappa shape index (κ2) is 5.31. The van der Waals surface area contributed by atoms with Gasteiger partial charge in [-0.05, 0) is 32.7 Å². The molecule has 0 aliphatic heterocycles. The Balaban J connectivity index is 1.90. The van der Waals surface area contributed by atoms with Crippen LogP contribution in [0.1, 0.15) is 57.8 Å². The Morgan fingerprint density at radius 3 is 2.13 bits per heavy atom. The summed E-state index contributed by atoms with van der Waals surface area (Å²) in [4.78, 5) is 2.60. The first-order valence-electron chi connectivity index (χ1n) is 6.76. The zero-order chi connectivity index (χ0) is 10.7. The molecule has 2 atom stereocenters. The van der Waals surface area contributed by atoms with E-state index in [-0.39, 0.29) is 0 Å². The van der Waals surface area contributed by atoms with Crippen LogP contribution in [0.2, 0.25) is 0 Å². The molecular weight excluding hydrogens is 184 g/mol. The summed E-state index contributed by atoms with van der Waals surface area (Å²) < 4.78 is 0. The molecule has 2 unspecified atom stereocenters. The number of hydrogen-bond donors (Lipinski definition) is 1. The molecule has 0 aromatic rings. The summed E-state index contributed by atoms with van der Waals surface area (Å²) in [5.74, 6) is 0. The Labute approximate surface area is 94.2 Å². The third-order valence-corrected chi connectivity index (χ3v) is 4.46. The second-order valence-electron chi connectivity index (χ2n) is 5.47. The van der Waals surface area contributed by atoms with Gasteiger partial charge in [-0.15, -0.1) is 0 Å². The highest BCUT2D eigenvalue weighted by Crippen LogP contribution is 2.29. The number of rotatable bonds is 2. The van der Waals surface area contributed by atoms with Gasteiger partial charge in [-0.25, -0.2) is 0 Å². The van der Waals surface area contributed by atoms with E-state index in [0.717, 1.165) is 6.04 Å². The maximum atomic E-state index is 6.32. The van der Waals surface area contributed by atoms with E-state index < -0.39 is 0 Å². The van der Waals surface area contributed by atoms with E-state index >= 15 is 0 Å². The quantitative estimate of drug-likeness (QED) is 0.759. The van der Waals surface area contributed by atoms with Crippen LogP contribution in [0, 0.1) is 0 Å². The Kier molecular flexibility index (Phi) is 4.04. The fourth-order valence-corrected chi connectivity index (χ4v) is 3.06. The SMILES string of the molecule is CN(C1CCC1)C1CCCCCCC1N. The number of nitrogens with two attached hydrogens (primary N) is 1. The third-order valence-electron chi connectivity index (χ3n) is 4.46. The van der Waals surface area contributed by atoms with Crippen molar-refractivity contribution in [3.8, 4) is 0 Å². The molecule has 0 saturated heterocycles. The first-order chi connectivity index (χ1) is 7.29. The van der Waals surface area contributed by atoms with Crippen molar-refractivity contribution in [2.45, 2.75) is 75.9 Å². The lowest BCUT2D eigenvalue weighted by Gasteiger charge is -2.43. The fraction of sp³-hybridized carbons (Fsp3) is 1.00. The molecule has 2 fully saturated rings. The molecule has 0 radical (unpaired) electrons. The number of hydrogen-bond acceptors (Lipinski definition) is 2. The average molecular weight is 210 g/mol. The minimum atomic E-state index is 0.427. The lowest BCUT2D eigenvalue weighted by Crippen LogP contribution is -2.52. The second-order valence-corrected chi connectivity index (χ2v) is 5.47. The molecule has 2 N–H and O–H groups in total. The zero-order valence-electron chi connectivity index (χ0n) is 10.1. The summed E-state index contributed by atoms with van der Waals surface area (Å²) in [6.07, 6.45) is 12.3. The van der Waals surface area contributed by atoms with Gasteiger partial charge in [0, 0.05) is 18.1 Å². The van der Waals surface area contributed by atoms with E-state index in [1.165, 1.54) is 57.8 Å². The molecule has 0 bridgehead atoms. The zero-order valence-corrected chi connectivity index (χ0v) is 10.1. The number of likely N-dealkylation sites (N-methyl/N-ethyl adjacent to an activating group) is 1. The summed E-state index contributed by atoms with van der Waals surface area (Å²) in [6, 6.07) is 1.94. The van der Waals surface area contributed by atoms with E-state index in [0.29, 0.717) is 12.1 Å². The van der Waals surface area contributed by atoms with E-state index in [1.807, 2.05) is 0 Å². The highest BCUT2D eigenvalue weighted by molar-refractivity contribution is 4.88. The molecule has 0 amide bonds. The van der Waals surface area contributed by atoms with Gasteiger partial charge >= 0.3 is 0 Å². The normalized spacial score (nSPS) is 34.6. The van der Waals surface area contributed by atoms with Gasteiger partial charge in [0.25, 0.3) is 0 Å². The molecule has 0 aromatic carbocycles. The largest absolute Gasteiger partial charge is 0.326 e. The van der Waals surface area contributed by atoms with Crippen LogP contribution < -0.4 is 5.73 Å². The maximum Gasteiger partial charge on any atom is 0.0247 e. The van der Waals surface area contributed by atoms with Crippen LogP contribution >= 0.6 is 0 Å². The summed E-state index contributed by atoms with van der Waals surface area (Å²) in [5, 5.41) is 0. The highest BCUT2D eigenvalue weighted by Gasteiger charge is 2.30. The van der Waals surface area contributed by atoms with Crippen LogP contribution in [0.25, 0.3) is 0 Å². The monoisotopic (exact) mass is 210 g/mol. The van der Waals surface area contributed by atoms with Crippen LogP contribution in [0.4, 0.5) is 0 Å². The van der Waals surface area contributed by atoms with Crippen molar-refractivity contribution in [2.24, 2.45) is 5.73 Å². The lowest BCUT2D eigenvalue weighted by molar-refractivity contribution is 0.0830. The van der Waals surface area contributed by atoms with Crippen molar-refractivity contribution in [1.29, 1.82) is 0 Å². The van der Waals surface area contributed by atoms with E-state index in [2.05, 4.69) is 11.9 Å². The summed E-state index contributed by atoms with van der Waals surface area (Å²) in [6.45, 7) is 0. The Morgan fingerprint density at radius 1 is 0.867 bits per heavy atom.